The van der Waals surface area contributed by atoms with Gasteiger partial charge in [0.15, 0.2) is 0 Å². The highest BCUT2D eigenvalue weighted by Gasteiger charge is 2.23. The van der Waals surface area contributed by atoms with Gasteiger partial charge < -0.3 is 9.96 Å². The van der Waals surface area contributed by atoms with Crippen molar-refractivity contribution >= 4 is 24.1 Å². The third kappa shape index (κ3) is 2.12. The molecule has 1 aliphatic rings. The Hall–Kier alpha value is -2.16. The molecule has 0 unspecified atom stereocenters. The van der Waals surface area contributed by atoms with E-state index in [2.05, 4.69) is 48.5 Å². The Balaban J connectivity index is 2.12. The summed E-state index contributed by atoms with van der Waals surface area (Å²) in [7, 11) is 1.72. The molecule has 0 aliphatic carbocycles. The van der Waals surface area contributed by atoms with E-state index in [1.165, 1.54) is 16.7 Å². The molecule has 94 valence electrons. The lowest BCUT2D eigenvalue weighted by Gasteiger charge is -2.24. The van der Waals surface area contributed by atoms with Crippen LogP contribution < -0.4 is 9.96 Å². The van der Waals surface area contributed by atoms with E-state index in [0.29, 0.717) is 0 Å². The average Bonchev–Trinajstić information content (AvgIpc) is 2.46. The Morgan fingerprint density at radius 3 is 2.58 bits per heavy atom. The number of hydrogen-bond donors (Lipinski definition) is 1. The van der Waals surface area contributed by atoms with Crippen LogP contribution in [0.25, 0.3) is 11.5 Å². The van der Waals surface area contributed by atoms with Gasteiger partial charge in [-0.25, -0.2) is 0 Å². The van der Waals surface area contributed by atoms with Gasteiger partial charge in [-0.1, -0.05) is 49.3 Å². The van der Waals surface area contributed by atoms with Crippen molar-refractivity contribution in [2.75, 3.05) is 12.3 Å². The zero-order chi connectivity index (χ0) is 13.2. The van der Waals surface area contributed by atoms with Crippen LogP contribution in [0.4, 0.5) is 5.69 Å². The van der Waals surface area contributed by atoms with E-state index >= 15 is 0 Å². The summed E-state index contributed by atoms with van der Waals surface area (Å²) in [5.41, 5.74) is 4.82. The Labute approximate surface area is 114 Å². The minimum atomic E-state index is 0.270. The second-order valence-corrected chi connectivity index (χ2v) is 4.75. The molecule has 0 saturated carbocycles. The molecule has 2 aromatic carbocycles. The lowest BCUT2D eigenvalue weighted by Crippen LogP contribution is -2.26. The Morgan fingerprint density at radius 1 is 1.00 bits per heavy atom. The van der Waals surface area contributed by atoms with Crippen LogP contribution in [0, 0.1) is 0 Å². The largest absolute Gasteiger partial charge is 0.496 e. The summed E-state index contributed by atoms with van der Waals surface area (Å²) in [6, 6.07) is 16.5. The zero-order valence-corrected chi connectivity index (χ0v) is 11.2. The van der Waals surface area contributed by atoms with Crippen LogP contribution in [0.3, 0.4) is 0 Å². The highest BCUT2D eigenvalue weighted by Crippen LogP contribution is 2.34. The maximum Gasteiger partial charge on any atom is 0.283 e. The summed E-state index contributed by atoms with van der Waals surface area (Å²) in [6.45, 7) is 2.44. The number of ether oxygens (including phenoxy) is 1. The van der Waals surface area contributed by atoms with Crippen molar-refractivity contribution in [1.82, 2.24) is 0 Å². The molecule has 2 aromatic rings. The highest BCUT2D eigenvalue weighted by atomic mass is 16.5. The van der Waals surface area contributed by atoms with Crippen molar-refractivity contribution in [2.45, 2.75) is 6.82 Å². The lowest BCUT2D eigenvalue weighted by molar-refractivity contribution is 0.413. The summed E-state index contributed by atoms with van der Waals surface area (Å²) in [5, 5.41) is 3.54. The molecular weight excluding hydrogens is 233 g/mol. The Morgan fingerprint density at radius 2 is 1.74 bits per heavy atom. The fourth-order valence-electron chi connectivity index (χ4n) is 2.55. The first-order chi connectivity index (χ1) is 9.29. The van der Waals surface area contributed by atoms with Gasteiger partial charge in [0.2, 0.25) is 0 Å². The van der Waals surface area contributed by atoms with Gasteiger partial charge in [0.25, 0.3) is 6.85 Å². The summed E-state index contributed by atoms with van der Waals surface area (Å²) in [4.78, 5) is 0. The quantitative estimate of drug-likeness (QED) is 0.817. The van der Waals surface area contributed by atoms with E-state index in [0.717, 1.165) is 11.3 Å². The van der Waals surface area contributed by atoms with Crippen molar-refractivity contribution < 1.29 is 4.74 Å². The smallest absolute Gasteiger partial charge is 0.283 e. The first-order valence-corrected chi connectivity index (χ1v) is 6.50. The van der Waals surface area contributed by atoms with Crippen LogP contribution in [0.2, 0.25) is 6.82 Å². The number of nitrogens with one attached hydrogen (secondary N) is 1. The number of benzene rings is 2. The molecule has 19 heavy (non-hydrogen) atoms. The van der Waals surface area contributed by atoms with Crippen LogP contribution in [-0.2, 0) is 0 Å². The third-order valence-corrected chi connectivity index (χ3v) is 3.53. The standard InChI is InChI=1S/C16H16BNO/c1-17-14(13-8-4-6-10-16(13)19-2)11-12-7-3-5-9-15(12)18-17/h3-11,18H,1-2H3. The van der Waals surface area contributed by atoms with Crippen LogP contribution in [0.15, 0.2) is 48.5 Å². The normalized spacial score (nSPS) is 13.4. The fourth-order valence-corrected chi connectivity index (χ4v) is 2.55. The second kappa shape index (κ2) is 4.85. The Bertz CT molecular complexity index is 636. The van der Waals surface area contributed by atoms with Gasteiger partial charge in [-0.15, -0.1) is 0 Å². The molecule has 0 aromatic heterocycles. The number of para-hydroxylation sites is 2. The SMILES string of the molecule is COc1ccccc1C1=Cc2ccccc2NB1C. The van der Waals surface area contributed by atoms with Gasteiger partial charge in [-0.3, -0.25) is 0 Å². The van der Waals surface area contributed by atoms with Gasteiger partial charge >= 0.3 is 0 Å². The molecule has 0 fully saturated rings. The predicted molar refractivity (Wildman–Crippen MR) is 82.5 cm³/mol. The molecule has 3 rings (SSSR count). The fraction of sp³-hybridized carbons (Fsp3) is 0.125. The van der Waals surface area contributed by atoms with Crippen molar-refractivity contribution in [1.29, 1.82) is 0 Å². The van der Waals surface area contributed by atoms with Crippen molar-refractivity contribution in [2.24, 2.45) is 0 Å². The summed E-state index contributed by atoms with van der Waals surface area (Å²) in [5.74, 6) is 0.918. The average molecular weight is 249 g/mol. The molecule has 1 N–H and O–H groups in total. The van der Waals surface area contributed by atoms with Crippen LogP contribution in [-0.4, -0.2) is 14.0 Å². The first-order valence-electron chi connectivity index (χ1n) is 6.50. The van der Waals surface area contributed by atoms with Gasteiger partial charge in [-0.2, -0.15) is 0 Å². The molecule has 2 nitrogen and oxygen atoms in total. The van der Waals surface area contributed by atoms with E-state index in [-0.39, 0.29) is 6.85 Å². The maximum absolute atomic E-state index is 5.47. The molecule has 0 atom stereocenters. The molecule has 0 saturated heterocycles. The van der Waals surface area contributed by atoms with E-state index < -0.39 is 0 Å². The van der Waals surface area contributed by atoms with Crippen molar-refractivity contribution in [3.63, 3.8) is 0 Å². The number of methoxy groups -OCH3 is 1. The predicted octanol–water partition coefficient (Wildman–Crippen LogP) is 3.82. The van der Waals surface area contributed by atoms with Crippen LogP contribution in [0.1, 0.15) is 11.1 Å². The monoisotopic (exact) mass is 249 g/mol. The minimum Gasteiger partial charge on any atom is -0.496 e. The van der Waals surface area contributed by atoms with E-state index in [1.807, 2.05) is 18.2 Å². The second-order valence-electron chi connectivity index (χ2n) is 4.75. The highest BCUT2D eigenvalue weighted by molar-refractivity contribution is 6.82. The minimum absolute atomic E-state index is 0.270. The van der Waals surface area contributed by atoms with Crippen molar-refractivity contribution in [3.8, 4) is 5.75 Å². The van der Waals surface area contributed by atoms with Gasteiger partial charge in [-0.05, 0) is 23.2 Å². The maximum atomic E-state index is 5.47. The lowest BCUT2D eigenvalue weighted by atomic mass is 9.53. The van der Waals surface area contributed by atoms with Gasteiger partial charge in [0.05, 0.1) is 7.11 Å². The van der Waals surface area contributed by atoms with E-state index in [1.54, 1.807) is 7.11 Å². The summed E-state index contributed by atoms with van der Waals surface area (Å²) in [6.07, 6.45) is 2.24. The van der Waals surface area contributed by atoms with Crippen molar-refractivity contribution in [3.05, 3.63) is 59.7 Å². The number of anilines is 1. The molecule has 0 amide bonds. The molecule has 0 spiro atoms. The van der Waals surface area contributed by atoms with Gasteiger partial charge in [0, 0.05) is 11.3 Å². The van der Waals surface area contributed by atoms with Gasteiger partial charge in [0.1, 0.15) is 5.75 Å². The van der Waals surface area contributed by atoms with Crippen LogP contribution in [0.5, 0.6) is 5.75 Å². The summed E-state index contributed by atoms with van der Waals surface area (Å²) >= 11 is 0. The number of fused-ring (bicyclic) bond motifs is 1. The molecule has 0 radical (unpaired) electrons. The Kier molecular flexibility index (Phi) is 3.04. The molecular formula is C16H16BNO. The summed E-state index contributed by atoms with van der Waals surface area (Å²) < 4.78 is 5.47. The number of hydrogen-bond acceptors (Lipinski definition) is 2. The van der Waals surface area contributed by atoms with Crippen LogP contribution >= 0.6 is 0 Å². The molecule has 1 heterocycles. The number of rotatable bonds is 2. The van der Waals surface area contributed by atoms with E-state index in [9.17, 15) is 0 Å². The first kappa shape index (κ1) is 11.9. The third-order valence-electron chi connectivity index (χ3n) is 3.53. The zero-order valence-electron chi connectivity index (χ0n) is 11.2. The molecule has 1 aliphatic heterocycles. The van der Waals surface area contributed by atoms with E-state index in [4.69, 9.17) is 4.74 Å². The molecule has 3 heteroatoms. The topological polar surface area (TPSA) is 21.3 Å². The molecule has 0 bridgehead atoms.